The molecule has 0 radical (unpaired) electrons. The van der Waals surface area contributed by atoms with Gasteiger partial charge in [-0.25, -0.2) is 0 Å². The van der Waals surface area contributed by atoms with Gasteiger partial charge in [-0.2, -0.15) is 21.0 Å². The van der Waals surface area contributed by atoms with Crippen LogP contribution in [0.1, 0.15) is 94.8 Å². The van der Waals surface area contributed by atoms with Gasteiger partial charge >= 0.3 is 0 Å². The Hall–Kier alpha value is -4.60. The normalized spacial score (nSPS) is 23.9. The third-order valence-corrected chi connectivity index (χ3v) is 12.6. The summed E-state index contributed by atoms with van der Waals surface area (Å²) in [4.78, 5) is 4.18. The molecule has 0 bridgehead atoms. The van der Waals surface area contributed by atoms with Crippen molar-refractivity contribution in [3.63, 3.8) is 0 Å². The number of fused-ring (bicyclic) bond motifs is 9. The van der Waals surface area contributed by atoms with Gasteiger partial charge in [-0.05, 0) is 87.8 Å². The fourth-order valence-electron chi connectivity index (χ4n) is 8.19. The fraction of sp³-hybridized carbons (Fsp3) is 0.368. The van der Waals surface area contributed by atoms with E-state index in [-0.39, 0.29) is 23.0 Å². The lowest BCUT2D eigenvalue weighted by atomic mass is 9.72. The van der Waals surface area contributed by atoms with Gasteiger partial charge in [0.25, 0.3) is 0 Å². The van der Waals surface area contributed by atoms with E-state index in [1.54, 1.807) is 34.8 Å². The monoisotopic (exact) mass is 638 g/mol. The summed E-state index contributed by atoms with van der Waals surface area (Å²) in [7, 11) is 0. The SMILES string of the molecule is N#CC(C#N)=Cc1cc2c(s1)C1=CC3C=C4OC5(CCCCC5)c5cc(C=C(C#N)C#N)sc5C4=CC3C=C1OC21CCCCC1. The summed E-state index contributed by atoms with van der Waals surface area (Å²) in [5, 5.41) is 37.7. The molecule has 2 atom stereocenters. The molecule has 2 spiro atoms. The first-order chi connectivity index (χ1) is 22.5. The largest absolute Gasteiger partial charge is 0.482 e. The number of hydrogen-bond donors (Lipinski definition) is 0. The van der Waals surface area contributed by atoms with E-state index in [1.807, 2.05) is 24.3 Å². The summed E-state index contributed by atoms with van der Waals surface area (Å²) in [5.41, 5.74) is 3.99. The van der Waals surface area contributed by atoms with Crippen LogP contribution in [0.5, 0.6) is 0 Å². The highest BCUT2D eigenvalue weighted by atomic mass is 32.1. The van der Waals surface area contributed by atoms with Crippen molar-refractivity contribution >= 4 is 46.0 Å². The summed E-state index contributed by atoms with van der Waals surface area (Å²) in [5.74, 6) is 2.03. The maximum Gasteiger partial charge on any atom is 0.135 e. The first-order valence-electron chi connectivity index (χ1n) is 16.1. The number of nitrogens with zero attached hydrogens (tertiary/aromatic N) is 4. The lowest BCUT2D eigenvalue weighted by molar-refractivity contribution is -0.0339. The van der Waals surface area contributed by atoms with Gasteiger partial charge in [0.15, 0.2) is 0 Å². The second kappa shape index (κ2) is 11.0. The summed E-state index contributed by atoms with van der Waals surface area (Å²) >= 11 is 3.29. The molecule has 0 amide bonds. The molecule has 6 aliphatic rings. The molecule has 8 heteroatoms. The minimum Gasteiger partial charge on any atom is -0.482 e. The maximum atomic E-state index is 9.43. The van der Waals surface area contributed by atoms with E-state index in [2.05, 4.69) is 36.4 Å². The van der Waals surface area contributed by atoms with Crippen LogP contribution in [-0.4, -0.2) is 0 Å². The highest BCUT2D eigenvalue weighted by molar-refractivity contribution is 7.14. The zero-order valence-electron chi connectivity index (χ0n) is 25.3. The molecule has 46 heavy (non-hydrogen) atoms. The average molecular weight is 639 g/mol. The second-order valence-corrected chi connectivity index (χ2v) is 15.2. The van der Waals surface area contributed by atoms with Gasteiger partial charge in [-0.3, -0.25) is 0 Å². The van der Waals surface area contributed by atoms with Gasteiger partial charge in [0.1, 0.15) is 58.1 Å². The van der Waals surface area contributed by atoms with Crippen molar-refractivity contribution in [2.75, 3.05) is 0 Å². The standard InChI is InChI=1S/C38H30N4O2S2/c39-19-23(20-40)11-27-17-31-35(45-27)29-13-26-16-34-30(14-25(26)15-33(29)43-37(31)7-3-1-4-8-37)36-32(38(44-34)9-5-2-6-10-38)18-28(46-36)12-24(21-41)22-42/h11-18,25-26H,1-10H2. The van der Waals surface area contributed by atoms with E-state index in [0.717, 1.165) is 83.8 Å². The van der Waals surface area contributed by atoms with Crippen molar-refractivity contribution in [2.24, 2.45) is 11.8 Å². The molecule has 2 fully saturated rings. The molecule has 4 aliphatic carbocycles. The number of thiophene rings is 2. The predicted molar refractivity (Wildman–Crippen MR) is 178 cm³/mol. The number of nitriles is 4. The van der Waals surface area contributed by atoms with Gasteiger partial charge in [-0.15, -0.1) is 22.7 Å². The lowest BCUT2D eigenvalue weighted by Gasteiger charge is -2.46. The quantitative estimate of drug-likeness (QED) is 0.303. The molecule has 2 saturated carbocycles. The highest BCUT2D eigenvalue weighted by Gasteiger charge is 2.48. The number of hydrogen-bond acceptors (Lipinski definition) is 8. The van der Waals surface area contributed by atoms with E-state index in [9.17, 15) is 21.0 Å². The van der Waals surface area contributed by atoms with Gasteiger partial charge in [-0.1, -0.05) is 25.0 Å². The summed E-state index contributed by atoms with van der Waals surface area (Å²) in [6.07, 6.45) is 23.2. The molecule has 226 valence electrons. The minimum absolute atomic E-state index is 0.0922. The van der Waals surface area contributed by atoms with Crippen LogP contribution in [0.25, 0.3) is 23.3 Å². The van der Waals surface area contributed by atoms with Gasteiger partial charge in [0.05, 0.1) is 0 Å². The summed E-state index contributed by atoms with van der Waals surface area (Å²) in [6.45, 7) is 0. The van der Waals surface area contributed by atoms with Crippen LogP contribution in [0.2, 0.25) is 0 Å². The molecular weight excluding hydrogens is 609 g/mol. The molecule has 0 N–H and O–H groups in total. The molecular formula is C38H30N4O2S2. The molecule has 0 aromatic carbocycles. The molecule has 2 aliphatic heterocycles. The van der Waals surface area contributed by atoms with Crippen LogP contribution in [-0.2, 0) is 20.7 Å². The third kappa shape index (κ3) is 4.52. The fourth-order valence-corrected chi connectivity index (χ4v) is 10.6. The Labute approximate surface area is 276 Å². The topological polar surface area (TPSA) is 114 Å². The van der Waals surface area contributed by atoms with Crippen molar-refractivity contribution in [2.45, 2.75) is 75.4 Å². The first kappa shape index (κ1) is 28.8. The minimum atomic E-state index is -0.392. The van der Waals surface area contributed by atoms with E-state index in [1.165, 1.54) is 33.7 Å². The van der Waals surface area contributed by atoms with Crippen LogP contribution < -0.4 is 0 Å². The predicted octanol–water partition coefficient (Wildman–Crippen LogP) is 9.54. The zero-order valence-corrected chi connectivity index (χ0v) is 26.9. The molecule has 0 saturated heterocycles. The van der Waals surface area contributed by atoms with Gasteiger partial charge in [0, 0.05) is 53.6 Å². The molecule has 6 nitrogen and oxygen atoms in total. The number of rotatable bonds is 2. The third-order valence-electron chi connectivity index (χ3n) is 10.3. The van der Waals surface area contributed by atoms with Crippen LogP contribution in [0, 0.1) is 57.2 Å². The molecule has 8 rings (SSSR count). The summed E-state index contributed by atoms with van der Waals surface area (Å²) < 4.78 is 14.1. The maximum absolute atomic E-state index is 9.43. The van der Waals surface area contributed by atoms with E-state index in [4.69, 9.17) is 9.47 Å². The Kier molecular flexibility index (Phi) is 6.92. The van der Waals surface area contributed by atoms with Crippen molar-refractivity contribution in [3.8, 4) is 24.3 Å². The van der Waals surface area contributed by atoms with E-state index >= 15 is 0 Å². The summed E-state index contributed by atoms with van der Waals surface area (Å²) in [6, 6.07) is 12.3. The average Bonchev–Trinajstić information content (AvgIpc) is 3.72. The highest BCUT2D eigenvalue weighted by Crippen LogP contribution is 2.58. The van der Waals surface area contributed by atoms with E-state index < -0.39 is 11.2 Å². The molecule has 2 unspecified atom stereocenters. The smallest absolute Gasteiger partial charge is 0.135 e. The van der Waals surface area contributed by atoms with Crippen LogP contribution in [0.15, 0.2) is 59.1 Å². The van der Waals surface area contributed by atoms with Crippen molar-refractivity contribution in [1.29, 1.82) is 21.0 Å². The second-order valence-electron chi connectivity index (χ2n) is 13.0. The number of allylic oxidation sites excluding steroid dienone is 8. The van der Waals surface area contributed by atoms with Crippen LogP contribution >= 0.6 is 22.7 Å². The Morgan fingerprint density at radius 1 is 0.609 bits per heavy atom. The van der Waals surface area contributed by atoms with Gasteiger partial charge in [0.2, 0.25) is 0 Å². The van der Waals surface area contributed by atoms with Crippen molar-refractivity contribution < 1.29 is 9.47 Å². The van der Waals surface area contributed by atoms with Crippen molar-refractivity contribution in [3.05, 3.63) is 89.7 Å². The first-order valence-corrected chi connectivity index (χ1v) is 17.7. The van der Waals surface area contributed by atoms with Crippen molar-refractivity contribution in [1.82, 2.24) is 0 Å². The van der Waals surface area contributed by atoms with E-state index in [0.29, 0.717) is 0 Å². The zero-order chi connectivity index (χ0) is 31.5. The Morgan fingerprint density at radius 2 is 1.00 bits per heavy atom. The number of ether oxygens (including phenoxy) is 2. The Morgan fingerprint density at radius 3 is 1.37 bits per heavy atom. The Bertz CT molecular complexity index is 1850. The van der Waals surface area contributed by atoms with Crippen LogP contribution in [0.3, 0.4) is 0 Å². The molecule has 4 heterocycles. The lowest BCUT2D eigenvalue weighted by Crippen LogP contribution is -2.37. The van der Waals surface area contributed by atoms with Gasteiger partial charge < -0.3 is 9.47 Å². The van der Waals surface area contributed by atoms with Crippen LogP contribution in [0.4, 0.5) is 0 Å². The Balaban J connectivity index is 1.24. The molecule has 2 aromatic rings. The molecule has 2 aromatic heterocycles.